The summed E-state index contributed by atoms with van der Waals surface area (Å²) in [5.74, 6) is 4.86. The van der Waals surface area contributed by atoms with Gasteiger partial charge in [-0.3, -0.25) is 0 Å². The molecule has 96 valence electrons. The van der Waals surface area contributed by atoms with Gasteiger partial charge in [0.25, 0.3) is 0 Å². The van der Waals surface area contributed by atoms with Gasteiger partial charge in [-0.2, -0.15) is 0 Å². The summed E-state index contributed by atoms with van der Waals surface area (Å²) in [6, 6.07) is 6.74. The topological polar surface area (TPSA) is 26.0 Å². The van der Waals surface area contributed by atoms with Crippen molar-refractivity contribution in [2.24, 2.45) is 23.7 Å². The zero-order valence-corrected chi connectivity index (χ0v) is 11.2. The van der Waals surface area contributed by atoms with E-state index in [0.717, 1.165) is 35.3 Å². The molecule has 1 heteroatoms. The van der Waals surface area contributed by atoms with E-state index in [1.807, 2.05) is 0 Å². The number of aryl methyl sites for hydroxylation is 1. The van der Waals surface area contributed by atoms with Crippen LogP contribution in [0.3, 0.4) is 0 Å². The summed E-state index contributed by atoms with van der Waals surface area (Å²) in [5.41, 5.74) is 9.88. The van der Waals surface area contributed by atoms with Crippen LogP contribution in [0.5, 0.6) is 0 Å². The van der Waals surface area contributed by atoms with Gasteiger partial charge in [-0.15, -0.1) is 0 Å². The smallest absolute Gasteiger partial charge is 0.0319 e. The Kier molecular flexibility index (Phi) is 2.27. The molecule has 5 rings (SSSR count). The Morgan fingerprint density at radius 3 is 2.06 bits per heavy atom. The summed E-state index contributed by atoms with van der Waals surface area (Å²) >= 11 is 0. The second-order valence-electron chi connectivity index (χ2n) is 7.13. The molecule has 0 unspecified atom stereocenters. The number of hydrogen-bond acceptors (Lipinski definition) is 1. The highest BCUT2D eigenvalue weighted by Crippen LogP contribution is 2.59. The van der Waals surface area contributed by atoms with E-state index in [4.69, 9.17) is 5.73 Å². The molecule has 0 aliphatic heterocycles. The largest absolute Gasteiger partial charge is 0.399 e. The zero-order chi connectivity index (χ0) is 12.3. The SMILES string of the molecule is Cc1cc(N)cc(C2C3CC4CC(C3)CC2C4)c1. The molecular formula is C17H23N. The Hall–Kier alpha value is -0.980. The third-order valence-corrected chi connectivity index (χ3v) is 5.73. The van der Waals surface area contributed by atoms with Crippen molar-refractivity contribution < 1.29 is 0 Å². The lowest BCUT2D eigenvalue weighted by Crippen LogP contribution is -2.43. The van der Waals surface area contributed by atoms with Crippen LogP contribution < -0.4 is 5.73 Å². The summed E-state index contributed by atoms with van der Waals surface area (Å²) < 4.78 is 0. The van der Waals surface area contributed by atoms with E-state index >= 15 is 0 Å². The minimum absolute atomic E-state index is 0.819. The van der Waals surface area contributed by atoms with Crippen molar-refractivity contribution in [2.75, 3.05) is 5.73 Å². The predicted octanol–water partition coefficient (Wildman–Crippen LogP) is 4.12. The molecule has 4 fully saturated rings. The van der Waals surface area contributed by atoms with Gasteiger partial charge in [-0.25, -0.2) is 0 Å². The maximum Gasteiger partial charge on any atom is 0.0319 e. The van der Waals surface area contributed by atoms with Gasteiger partial charge in [0.15, 0.2) is 0 Å². The third-order valence-electron chi connectivity index (χ3n) is 5.73. The van der Waals surface area contributed by atoms with Gasteiger partial charge in [-0.1, -0.05) is 6.07 Å². The summed E-state index contributed by atoms with van der Waals surface area (Å²) in [5, 5.41) is 0. The molecule has 0 spiro atoms. The first-order valence-electron chi connectivity index (χ1n) is 7.56. The van der Waals surface area contributed by atoms with Crippen molar-refractivity contribution >= 4 is 5.69 Å². The lowest BCUT2D eigenvalue weighted by Gasteiger charge is -2.54. The van der Waals surface area contributed by atoms with Crippen LogP contribution >= 0.6 is 0 Å². The third kappa shape index (κ3) is 1.60. The van der Waals surface area contributed by atoms with Crippen LogP contribution in [-0.4, -0.2) is 0 Å². The van der Waals surface area contributed by atoms with Crippen molar-refractivity contribution in [1.82, 2.24) is 0 Å². The molecule has 1 nitrogen and oxygen atoms in total. The molecule has 1 aromatic rings. The molecule has 1 aromatic carbocycles. The average molecular weight is 241 g/mol. The van der Waals surface area contributed by atoms with E-state index in [1.165, 1.54) is 37.7 Å². The number of anilines is 1. The Morgan fingerprint density at radius 2 is 1.50 bits per heavy atom. The predicted molar refractivity (Wildman–Crippen MR) is 75.4 cm³/mol. The zero-order valence-electron chi connectivity index (χ0n) is 11.2. The second kappa shape index (κ2) is 3.76. The Balaban J connectivity index is 1.72. The van der Waals surface area contributed by atoms with Gasteiger partial charge in [0.05, 0.1) is 0 Å². The molecule has 4 aliphatic rings. The molecule has 0 saturated heterocycles. The first-order chi connectivity index (χ1) is 8.69. The molecule has 4 bridgehead atoms. The first kappa shape index (κ1) is 10.9. The Labute approximate surface area is 110 Å². The average Bonchev–Trinajstić information content (AvgIpc) is 2.25. The quantitative estimate of drug-likeness (QED) is 0.735. The molecule has 0 atom stereocenters. The molecule has 0 aromatic heterocycles. The van der Waals surface area contributed by atoms with Gasteiger partial charge >= 0.3 is 0 Å². The van der Waals surface area contributed by atoms with Crippen molar-refractivity contribution in [3.63, 3.8) is 0 Å². The number of benzene rings is 1. The standard InChI is InChI=1S/C17H23N/c1-10-2-13(9-16(18)3-10)17-14-5-11-4-12(7-14)8-15(17)6-11/h2-3,9,11-12,14-15,17H,4-8,18H2,1H3. The second-order valence-corrected chi connectivity index (χ2v) is 7.13. The molecule has 4 aliphatic carbocycles. The normalized spacial score (nSPS) is 41.3. The highest BCUT2D eigenvalue weighted by molar-refractivity contribution is 5.46. The molecule has 2 N–H and O–H groups in total. The van der Waals surface area contributed by atoms with Gasteiger partial charge in [0.1, 0.15) is 0 Å². The number of rotatable bonds is 1. The first-order valence-corrected chi connectivity index (χ1v) is 7.56. The van der Waals surface area contributed by atoms with Crippen molar-refractivity contribution in [3.05, 3.63) is 29.3 Å². The van der Waals surface area contributed by atoms with Crippen LogP contribution in [0.2, 0.25) is 0 Å². The number of nitrogen functional groups attached to an aromatic ring is 1. The molecule has 0 radical (unpaired) electrons. The minimum Gasteiger partial charge on any atom is -0.399 e. The van der Waals surface area contributed by atoms with Crippen LogP contribution in [0.4, 0.5) is 5.69 Å². The number of nitrogens with two attached hydrogens (primary N) is 1. The molecule has 0 heterocycles. The van der Waals surface area contributed by atoms with Crippen LogP contribution in [0, 0.1) is 30.6 Å². The fourth-order valence-corrected chi connectivity index (χ4v) is 5.51. The number of hydrogen-bond donors (Lipinski definition) is 1. The fourth-order valence-electron chi connectivity index (χ4n) is 5.51. The summed E-state index contributed by atoms with van der Waals surface area (Å²) in [7, 11) is 0. The summed E-state index contributed by atoms with van der Waals surface area (Å²) in [6.45, 7) is 2.18. The van der Waals surface area contributed by atoms with Gasteiger partial charge in [0.2, 0.25) is 0 Å². The van der Waals surface area contributed by atoms with Crippen LogP contribution in [0.1, 0.15) is 49.1 Å². The molecular weight excluding hydrogens is 218 g/mol. The highest BCUT2D eigenvalue weighted by Gasteiger charge is 2.48. The maximum absolute atomic E-state index is 6.05. The van der Waals surface area contributed by atoms with Crippen LogP contribution in [-0.2, 0) is 0 Å². The lowest BCUT2D eigenvalue weighted by molar-refractivity contribution is -0.00277. The van der Waals surface area contributed by atoms with Gasteiger partial charge in [0, 0.05) is 5.69 Å². The molecule has 4 saturated carbocycles. The Morgan fingerprint density at radius 1 is 0.889 bits per heavy atom. The fraction of sp³-hybridized carbons (Fsp3) is 0.647. The van der Waals surface area contributed by atoms with Crippen molar-refractivity contribution in [2.45, 2.75) is 44.9 Å². The monoisotopic (exact) mass is 241 g/mol. The van der Waals surface area contributed by atoms with Crippen molar-refractivity contribution in [1.29, 1.82) is 0 Å². The highest BCUT2D eigenvalue weighted by atomic mass is 14.6. The minimum atomic E-state index is 0.819. The summed E-state index contributed by atoms with van der Waals surface area (Å²) in [6.07, 6.45) is 7.50. The molecule has 0 amide bonds. The van der Waals surface area contributed by atoms with E-state index in [9.17, 15) is 0 Å². The van der Waals surface area contributed by atoms with E-state index < -0.39 is 0 Å². The van der Waals surface area contributed by atoms with E-state index in [0.29, 0.717) is 0 Å². The van der Waals surface area contributed by atoms with Gasteiger partial charge < -0.3 is 5.73 Å². The van der Waals surface area contributed by atoms with E-state index in [-0.39, 0.29) is 0 Å². The summed E-state index contributed by atoms with van der Waals surface area (Å²) in [4.78, 5) is 0. The maximum atomic E-state index is 6.05. The van der Waals surface area contributed by atoms with Crippen molar-refractivity contribution in [3.8, 4) is 0 Å². The molecule has 18 heavy (non-hydrogen) atoms. The van der Waals surface area contributed by atoms with E-state index in [2.05, 4.69) is 25.1 Å². The van der Waals surface area contributed by atoms with Gasteiger partial charge in [-0.05, 0) is 91.9 Å². The van der Waals surface area contributed by atoms with E-state index in [1.54, 1.807) is 5.56 Å². The Bertz CT molecular complexity index is 428. The van der Waals surface area contributed by atoms with Crippen LogP contribution in [0.15, 0.2) is 18.2 Å². The van der Waals surface area contributed by atoms with Crippen LogP contribution in [0.25, 0.3) is 0 Å². The lowest BCUT2D eigenvalue weighted by atomic mass is 9.50.